The van der Waals surface area contributed by atoms with E-state index < -0.39 is 0 Å². The maximum Gasteiger partial charge on any atom is 1.00 e. The smallest absolute Gasteiger partial charge is 1.00 e. The monoisotopic (exact) mass is 192 g/mol. The Kier molecular flexibility index (Phi) is 4.77. The van der Waals surface area contributed by atoms with Crippen LogP contribution in [-0.2, 0) is 0 Å². The Balaban J connectivity index is 0.000000810. The van der Waals surface area contributed by atoms with Crippen molar-refractivity contribution in [1.82, 2.24) is 0 Å². The molecule has 0 bridgehead atoms. The molecule has 10 heavy (non-hydrogen) atoms. The van der Waals surface area contributed by atoms with Crippen LogP contribution in [0.2, 0.25) is 0 Å². The minimum atomic E-state index is -0.00407. The fraction of sp³-hybridized carbons (Fsp3) is 0. The van der Waals surface area contributed by atoms with Gasteiger partial charge in [0.15, 0.2) is 0 Å². The first kappa shape index (κ1) is 10.0. The molecule has 46 valence electrons. The summed E-state index contributed by atoms with van der Waals surface area (Å²) < 4.78 is -0.00407. The van der Waals surface area contributed by atoms with Gasteiger partial charge in [-0.2, -0.15) is 0 Å². The molecule has 0 saturated carbocycles. The van der Waals surface area contributed by atoms with Crippen molar-refractivity contribution < 1.29 is 23.7 Å². The van der Waals surface area contributed by atoms with Gasteiger partial charge in [0.25, 0.3) is 0 Å². The van der Waals surface area contributed by atoms with Crippen molar-refractivity contribution in [2.24, 2.45) is 0 Å². The summed E-state index contributed by atoms with van der Waals surface area (Å²) in [5.41, 5.74) is 0.720. The van der Waals surface area contributed by atoms with E-state index in [9.17, 15) is 4.79 Å². The van der Waals surface area contributed by atoms with Gasteiger partial charge in [-0.15, -0.1) is 0 Å². The molecule has 0 radical (unpaired) electrons. The van der Waals surface area contributed by atoms with Crippen LogP contribution in [0.25, 0.3) is 0 Å². The predicted octanol–water partition coefficient (Wildman–Crippen LogP) is -2.00. The number of carbonyl (C=O) groups excluding carboxylic acids is 1. The van der Waals surface area contributed by atoms with E-state index in [0.717, 1.165) is 5.56 Å². The topological polar surface area (TPSA) is 17.1 Å². The molecule has 0 aromatic heterocycles. The van der Waals surface area contributed by atoms with E-state index in [1.54, 1.807) is 12.1 Å². The normalized spacial score (nSPS) is 8.00. The first-order valence-corrected chi connectivity index (χ1v) is 3.43. The van der Waals surface area contributed by atoms with Crippen molar-refractivity contribution in [2.45, 2.75) is 0 Å². The first-order valence-electron chi connectivity index (χ1n) is 2.57. The van der Waals surface area contributed by atoms with Gasteiger partial charge in [-0.1, -0.05) is 0 Å². The van der Waals surface area contributed by atoms with E-state index in [1.165, 1.54) is 0 Å². The third kappa shape index (κ3) is 2.73. The third-order valence-electron chi connectivity index (χ3n) is 1.01. The van der Waals surface area contributed by atoms with Crippen LogP contribution in [-0.4, -0.2) is 20.7 Å². The SMILES string of the molecule is O=C([Se-])c1ccccc1.[Li+]. The summed E-state index contributed by atoms with van der Waals surface area (Å²) in [6, 6.07) is 9.11. The summed E-state index contributed by atoms with van der Waals surface area (Å²) in [5, 5.41) is 0. The molecule has 1 rings (SSSR count). The van der Waals surface area contributed by atoms with Crippen LogP contribution in [0.3, 0.4) is 0 Å². The molecule has 0 spiro atoms. The zero-order chi connectivity index (χ0) is 6.69. The molecule has 0 unspecified atom stereocenters. The van der Waals surface area contributed by atoms with E-state index in [-0.39, 0.29) is 23.5 Å². The van der Waals surface area contributed by atoms with Crippen molar-refractivity contribution in [3.8, 4) is 0 Å². The van der Waals surface area contributed by atoms with Crippen LogP contribution < -0.4 is 18.9 Å². The zero-order valence-corrected chi connectivity index (χ0v) is 7.42. The molecular weight excluding hydrogens is 186 g/mol. The molecule has 1 aromatic carbocycles. The minimum absolute atomic E-state index is 0. The van der Waals surface area contributed by atoms with Gasteiger partial charge < -0.3 is 0 Å². The fourth-order valence-corrected chi connectivity index (χ4v) is 0.860. The van der Waals surface area contributed by atoms with Gasteiger partial charge in [0.1, 0.15) is 0 Å². The largest absolute Gasteiger partial charge is 1.00 e. The standard InChI is InChI=1S/C7H6OSe.Li/c8-7(9)6-4-2-1-3-5-6;/h1-5H,(H,8,9);/q;+1/p-1. The molecule has 3 heteroatoms. The van der Waals surface area contributed by atoms with E-state index >= 15 is 0 Å². The first-order chi connectivity index (χ1) is 4.30. The predicted molar refractivity (Wildman–Crippen MR) is 36.5 cm³/mol. The summed E-state index contributed by atoms with van der Waals surface area (Å²) in [6.45, 7) is 0. The van der Waals surface area contributed by atoms with Gasteiger partial charge in [-0.25, -0.2) is 0 Å². The second kappa shape index (κ2) is 4.77. The summed E-state index contributed by atoms with van der Waals surface area (Å²) in [6.07, 6.45) is 0. The number of hydrogen-bond acceptors (Lipinski definition) is 1. The van der Waals surface area contributed by atoms with Crippen LogP contribution in [0.5, 0.6) is 0 Å². The number of benzene rings is 1. The van der Waals surface area contributed by atoms with Crippen LogP contribution in [0.1, 0.15) is 10.4 Å². The van der Waals surface area contributed by atoms with Crippen molar-refractivity contribution in [3.05, 3.63) is 35.9 Å². The maximum atomic E-state index is 10.6. The van der Waals surface area contributed by atoms with Gasteiger partial charge in [0.2, 0.25) is 0 Å². The average molecular weight is 191 g/mol. The fourth-order valence-electron chi connectivity index (χ4n) is 0.574. The molecule has 0 amide bonds. The molecule has 0 saturated heterocycles. The Morgan fingerprint density at radius 1 is 1.20 bits per heavy atom. The number of rotatable bonds is 1. The summed E-state index contributed by atoms with van der Waals surface area (Å²) >= 11 is 2.42. The second-order valence-electron chi connectivity index (χ2n) is 1.65. The maximum absolute atomic E-state index is 10.6. The van der Waals surface area contributed by atoms with Gasteiger partial charge >= 0.3 is 80.2 Å². The molecular formula is C7H5LiOSe. The molecule has 0 heterocycles. The van der Waals surface area contributed by atoms with Crippen LogP contribution in [0.15, 0.2) is 30.3 Å². The van der Waals surface area contributed by atoms with E-state index in [1.807, 2.05) is 18.2 Å². The van der Waals surface area contributed by atoms with E-state index in [0.29, 0.717) is 0 Å². The average Bonchev–Trinajstić information content (AvgIpc) is 1.90. The molecule has 0 aliphatic rings. The quantitative estimate of drug-likeness (QED) is 0.469. The number of hydrogen-bond donors (Lipinski definition) is 0. The molecule has 1 nitrogen and oxygen atoms in total. The Bertz CT molecular complexity index is 210. The molecule has 0 fully saturated rings. The number of carbonyl (C=O) groups is 1. The van der Waals surface area contributed by atoms with Crippen molar-refractivity contribution >= 4 is 20.7 Å². The third-order valence-corrected chi connectivity index (χ3v) is 1.50. The van der Waals surface area contributed by atoms with Gasteiger partial charge in [0, 0.05) is 0 Å². The summed E-state index contributed by atoms with van der Waals surface area (Å²) in [4.78, 5) is 10.6. The van der Waals surface area contributed by atoms with Crippen molar-refractivity contribution in [1.29, 1.82) is 0 Å². The van der Waals surface area contributed by atoms with Crippen LogP contribution in [0.4, 0.5) is 0 Å². The Morgan fingerprint density at radius 3 is 2.00 bits per heavy atom. The van der Waals surface area contributed by atoms with E-state index in [2.05, 4.69) is 16.0 Å². The van der Waals surface area contributed by atoms with Gasteiger partial charge in [-0.05, 0) is 0 Å². The van der Waals surface area contributed by atoms with Gasteiger partial charge in [0.05, 0.1) is 0 Å². The Morgan fingerprint density at radius 2 is 1.70 bits per heavy atom. The molecule has 1 aromatic rings. The van der Waals surface area contributed by atoms with Crippen LogP contribution >= 0.6 is 0 Å². The van der Waals surface area contributed by atoms with E-state index in [4.69, 9.17) is 0 Å². The van der Waals surface area contributed by atoms with Crippen molar-refractivity contribution in [3.63, 3.8) is 0 Å². The van der Waals surface area contributed by atoms with Crippen LogP contribution in [0, 0.1) is 0 Å². The van der Waals surface area contributed by atoms with Gasteiger partial charge in [-0.3, -0.25) is 0 Å². The van der Waals surface area contributed by atoms with Crippen molar-refractivity contribution in [2.75, 3.05) is 0 Å². The Labute approximate surface area is 80.2 Å². The molecule has 0 aliphatic heterocycles. The second-order valence-corrected chi connectivity index (χ2v) is 2.43. The molecule has 0 aliphatic carbocycles. The summed E-state index contributed by atoms with van der Waals surface area (Å²) in [5.74, 6) is 0. The molecule has 0 N–H and O–H groups in total. The Hall–Kier alpha value is 0.00688. The minimum Gasteiger partial charge on any atom is 1.00 e. The zero-order valence-electron chi connectivity index (χ0n) is 5.70. The summed E-state index contributed by atoms with van der Waals surface area (Å²) in [7, 11) is 0. The molecule has 0 atom stereocenters.